The van der Waals surface area contributed by atoms with E-state index in [0.29, 0.717) is 19.5 Å². The molecule has 4 heteroatoms. The van der Waals surface area contributed by atoms with Crippen molar-refractivity contribution in [1.82, 2.24) is 4.90 Å². The zero-order chi connectivity index (χ0) is 16.3. The number of nitrogens with zero attached hydrogens (tertiary/aromatic N) is 1. The molecule has 0 radical (unpaired) electrons. The van der Waals surface area contributed by atoms with Crippen molar-refractivity contribution in [2.45, 2.75) is 46.1 Å². The molecule has 2 rings (SSSR count). The number of likely N-dealkylation sites (tertiary alicyclic amines) is 1. The van der Waals surface area contributed by atoms with E-state index < -0.39 is 11.5 Å². The summed E-state index contributed by atoms with van der Waals surface area (Å²) in [6.45, 7) is 6.83. The Bertz CT molecular complexity index is 543. The molecule has 1 saturated heterocycles. The average Bonchev–Trinajstić information content (AvgIpc) is 2.51. The highest BCUT2D eigenvalue weighted by Gasteiger charge is 2.43. The number of hydrogen-bond acceptors (Lipinski definition) is 3. The monoisotopic (exact) mass is 305 g/mol. The van der Waals surface area contributed by atoms with E-state index in [-0.39, 0.29) is 12.5 Å². The van der Waals surface area contributed by atoms with Crippen LogP contribution in [0, 0.1) is 19.3 Å². The Morgan fingerprint density at radius 3 is 2.77 bits per heavy atom. The van der Waals surface area contributed by atoms with Gasteiger partial charge in [0, 0.05) is 24.1 Å². The Hall–Kier alpha value is -1.39. The molecular formula is C18H27NO3. The fraction of sp³-hybridized carbons (Fsp3) is 0.611. The second-order valence-electron chi connectivity index (χ2n) is 6.62. The summed E-state index contributed by atoms with van der Waals surface area (Å²) < 4.78 is 0. The zero-order valence-electron chi connectivity index (χ0n) is 13.8. The number of aliphatic hydroxyl groups is 2. The third-order valence-electron chi connectivity index (χ3n) is 4.86. The molecule has 2 atom stereocenters. The number of amides is 1. The number of carbonyl (C=O) groups is 1. The topological polar surface area (TPSA) is 60.8 Å². The number of benzene rings is 1. The van der Waals surface area contributed by atoms with E-state index >= 15 is 0 Å². The average molecular weight is 305 g/mol. The fourth-order valence-corrected chi connectivity index (χ4v) is 3.44. The van der Waals surface area contributed by atoms with Crippen LogP contribution in [0.15, 0.2) is 18.2 Å². The summed E-state index contributed by atoms with van der Waals surface area (Å²) in [4.78, 5) is 14.6. The lowest BCUT2D eigenvalue weighted by atomic mass is 9.74. The molecule has 1 heterocycles. The van der Waals surface area contributed by atoms with Gasteiger partial charge in [-0.05, 0) is 38.3 Å². The van der Waals surface area contributed by atoms with Crippen LogP contribution in [-0.4, -0.2) is 46.8 Å². The molecule has 0 aliphatic carbocycles. The molecule has 1 aromatic rings. The molecule has 1 aliphatic heterocycles. The maximum Gasteiger partial charge on any atom is 0.254 e. The van der Waals surface area contributed by atoms with Crippen molar-refractivity contribution < 1.29 is 15.0 Å². The lowest BCUT2D eigenvalue weighted by Gasteiger charge is -2.45. The molecule has 1 aliphatic rings. The largest absolute Gasteiger partial charge is 0.396 e. The third kappa shape index (κ3) is 3.18. The van der Waals surface area contributed by atoms with Gasteiger partial charge in [-0.3, -0.25) is 4.79 Å². The zero-order valence-corrected chi connectivity index (χ0v) is 13.8. The minimum absolute atomic E-state index is 0.00188. The molecule has 0 spiro atoms. The molecule has 4 nitrogen and oxygen atoms in total. The number of aryl methyl sites for hydroxylation is 2. The van der Waals surface area contributed by atoms with Crippen LogP contribution in [0.4, 0.5) is 0 Å². The van der Waals surface area contributed by atoms with Gasteiger partial charge in [-0.1, -0.05) is 31.0 Å². The first kappa shape index (κ1) is 17.0. The fourth-order valence-electron chi connectivity index (χ4n) is 3.44. The Kier molecular flexibility index (Phi) is 5.24. The van der Waals surface area contributed by atoms with Gasteiger partial charge in [0.25, 0.3) is 5.91 Å². The van der Waals surface area contributed by atoms with E-state index in [2.05, 4.69) is 0 Å². The Morgan fingerprint density at radius 1 is 1.41 bits per heavy atom. The molecule has 22 heavy (non-hydrogen) atoms. The minimum atomic E-state index is -0.583. The summed E-state index contributed by atoms with van der Waals surface area (Å²) in [6.07, 6.45) is 1.58. The highest BCUT2D eigenvalue weighted by Crippen LogP contribution is 2.35. The SMILES string of the molecule is CCC[C@@]1(CO)CN(C(=O)c2cc(C)ccc2C)CC[C@H]1O. The molecule has 0 unspecified atom stereocenters. The van der Waals surface area contributed by atoms with Gasteiger partial charge < -0.3 is 15.1 Å². The van der Waals surface area contributed by atoms with Crippen molar-refractivity contribution in [2.24, 2.45) is 5.41 Å². The number of carbonyl (C=O) groups excluding carboxylic acids is 1. The van der Waals surface area contributed by atoms with Gasteiger partial charge in [0.2, 0.25) is 0 Å². The van der Waals surface area contributed by atoms with Crippen LogP contribution < -0.4 is 0 Å². The van der Waals surface area contributed by atoms with E-state index in [9.17, 15) is 15.0 Å². The van der Waals surface area contributed by atoms with Gasteiger partial charge in [-0.25, -0.2) is 0 Å². The van der Waals surface area contributed by atoms with Crippen LogP contribution in [0.1, 0.15) is 47.7 Å². The molecule has 122 valence electrons. The quantitative estimate of drug-likeness (QED) is 0.897. The molecule has 0 bridgehead atoms. The highest BCUT2D eigenvalue weighted by atomic mass is 16.3. The summed E-state index contributed by atoms with van der Waals surface area (Å²) in [6, 6.07) is 5.89. The molecular weight excluding hydrogens is 278 g/mol. The second kappa shape index (κ2) is 6.80. The molecule has 1 fully saturated rings. The maximum absolute atomic E-state index is 12.9. The number of aliphatic hydroxyl groups excluding tert-OH is 2. The van der Waals surface area contributed by atoms with Gasteiger partial charge in [-0.15, -0.1) is 0 Å². The normalized spacial score (nSPS) is 25.3. The van der Waals surface area contributed by atoms with Crippen molar-refractivity contribution in [1.29, 1.82) is 0 Å². The number of hydrogen-bond donors (Lipinski definition) is 2. The van der Waals surface area contributed by atoms with Crippen molar-refractivity contribution in [3.05, 3.63) is 34.9 Å². The Labute approximate surface area is 132 Å². The van der Waals surface area contributed by atoms with Crippen LogP contribution in [-0.2, 0) is 0 Å². The van der Waals surface area contributed by atoms with Crippen LogP contribution >= 0.6 is 0 Å². The van der Waals surface area contributed by atoms with E-state index in [1.807, 2.05) is 39.0 Å². The van der Waals surface area contributed by atoms with Crippen molar-refractivity contribution in [2.75, 3.05) is 19.7 Å². The van der Waals surface area contributed by atoms with Crippen LogP contribution in [0.3, 0.4) is 0 Å². The summed E-state index contributed by atoms with van der Waals surface area (Å²) >= 11 is 0. The number of piperidine rings is 1. The van der Waals surface area contributed by atoms with E-state index in [1.165, 1.54) is 0 Å². The van der Waals surface area contributed by atoms with E-state index in [1.54, 1.807) is 4.90 Å². The Morgan fingerprint density at radius 2 is 2.14 bits per heavy atom. The molecule has 2 N–H and O–H groups in total. The first-order chi connectivity index (χ1) is 10.4. The second-order valence-corrected chi connectivity index (χ2v) is 6.62. The van der Waals surface area contributed by atoms with Crippen LogP contribution in [0.2, 0.25) is 0 Å². The van der Waals surface area contributed by atoms with Crippen LogP contribution in [0.25, 0.3) is 0 Å². The molecule has 1 amide bonds. The van der Waals surface area contributed by atoms with Gasteiger partial charge in [0.1, 0.15) is 0 Å². The van der Waals surface area contributed by atoms with Crippen LogP contribution in [0.5, 0.6) is 0 Å². The van der Waals surface area contributed by atoms with Crippen molar-refractivity contribution in [3.8, 4) is 0 Å². The summed E-state index contributed by atoms with van der Waals surface area (Å²) in [5.41, 5.74) is 2.17. The standard InChI is InChI=1S/C18H27NO3/c1-4-8-18(12-20)11-19(9-7-16(18)21)17(22)15-10-13(2)5-6-14(15)3/h5-6,10,16,20-21H,4,7-9,11-12H2,1-3H3/t16-,18+/m1/s1. The van der Waals surface area contributed by atoms with Crippen molar-refractivity contribution in [3.63, 3.8) is 0 Å². The first-order valence-corrected chi connectivity index (χ1v) is 8.09. The summed E-state index contributed by atoms with van der Waals surface area (Å²) in [5.74, 6) is 0.00188. The maximum atomic E-state index is 12.9. The summed E-state index contributed by atoms with van der Waals surface area (Å²) in [7, 11) is 0. The first-order valence-electron chi connectivity index (χ1n) is 8.09. The Balaban J connectivity index is 2.25. The molecule has 0 aromatic heterocycles. The molecule has 0 saturated carbocycles. The van der Waals surface area contributed by atoms with Gasteiger partial charge in [0.15, 0.2) is 0 Å². The lowest BCUT2D eigenvalue weighted by molar-refractivity contribution is -0.0720. The predicted molar refractivity (Wildman–Crippen MR) is 86.9 cm³/mol. The van der Waals surface area contributed by atoms with Crippen molar-refractivity contribution >= 4 is 5.91 Å². The van der Waals surface area contributed by atoms with E-state index in [0.717, 1.165) is 29.5 Å². The van der Waals surface area contributed by atoms with Gasteiger partial charge >= 0.3 is 0 Å². The predicted octanol–water partition coefficient (Wildman–Crippen LogP) is 2.29. The van der Waals surface area contributed by atoms with E-state index in [4.69, 9.17) is 0 Å². The molecule has 1 aromatic carbocycles. The third-order valence-corrected chi connectivity index (χ3v) is 4.86. The van der Waals surface area contributed by atoms with Gasteiger partial charge in [0.05, 0.1) is 12.7 Å². The minimum Gasteiger partial charge on any atom is -0.396 e. The number of rotatable bonds is 4. The summed E-state index contributed by atoms with van der Waals surface area (Å²) in [5, 5.41) is 20.1. The highest BCUT2D eigenvalue weighted by molar-refractivity contribution is 5.96. The lowest BCUT2D eigenvalue weighted by Crippen LogP contribution is -2.55. The smallest absolute Gasteiger partial charge is 0.254 e. The van der Waals surface area contributed by atoms with Gasteiger partial charge in [-0.2, -0.15) is 0 Å².